The van der Waals surface area contributed by atoms with Gasteiger partial charge in [0.2, 0.25) is 16.0 Å². The van der Waals surface area contributed by atoms with Crippen LogP contribution in [0.5, 0.6) is 5.75 Å². The fourth-order valence-corrected chi connectivity index (χ4v) is 6.97. The molecule has 1 aromatic heterocycles. The van der Waals surface area contributed by atoms with Gasteiger partial charge in [-0.05, 0) is 58.6 Å². The lowest BCUT2D eigenvalue weighted by Gasteiger charge is -2.47. The van der Waals surface area contributed by atoms with Crippen LogP contribution in [-0.2, 0) is 14.8 Å². The number of alkyl halides is 1. The van der Waals surface area contributed by atoms with Crippen molar-refractivity contribution < 1.29 is 31.1 Å². The van der Waals surface area contributed by atoms with Gasteiger partial charge in [-0.15, -0.1) is 0 Å². The number of sulfonamides is 1. The quantitative estimate of drug-likeness (QED) is 0.185. The van der Waals surface area contributed by atoms with Gasteiger partial charge in [0.25, 0.3) is 0 Å². The molecule has 0 amide bonds. The first-order valence-electron chi connectivity index (χ1n) is 13.1. The number of hydrogen-bond acceptors (Lipinski definition) is 7. The first-order valence-corrected chi connectivity index (χ1v) is 15.0. The van der Waals surface area contributed by atoms with Crippen LogP contribution in [0.4, 0.5) is 18.9 Å². The molecule has 1 aliphatic rings. The van der Waals surface area contributed by atoms with Gasteiger partial charge >= 0.3 is 0 Å². The van der Waals surface area contributed by atoms with Crippen molar-refractivity contribution >= 4 is 27.3 Å². The Hall–Kier alpha value is -2.90. The molecule has 42 heavy (non-hydrogen) atoms. The third-order valence-corrected chi connectivity index (χ3v) is 10.2. The third kappa shape index (κ3) is 5.58. The molecule has 2 atom stereocenters. The van der Waals surface area contributed by atoms with Crippen LogP contribution in [0.25, 0.3) is 11.3 Å². The number of benzene rings is 2. The molecule has 1 N–H and O–H groups in total. The second-order valence-corrected chi connectivity index (χ2v) is 12.9. The zero-order valence-electron chi connectivity index (χ0n) is 24.2. The summed E-state index contributed by atoms with van der Waals surface area (Å²) in [7, 11) is 2.21. The molecule has 8 nitrogen and oxygen atoms in total. The number of ether oxygens (including phenoxy) is 2. The van der Waals surface area contributed by atoms with Gasteiger partial charge in [0, 0.05) is 36.9 Å². The standard InChI is InChI=1S/C29H34ClF3N4O4S/c1-28(2,36(3)4)29(41-6)15-16-37(17-29)25-22(27(30)35-42(38,39)18-11-8-7-9-12-18)21(19-13-10-14-20(31)34-19)23(32)26(40-5)24(25)33/h7-14,27,35H,15-17H2,1-6H3. The lowest BCUT2D eigenvalue weighted by Crippen LogP contribution is -2.60. The SMILES string of the molecule is COc1c(F)c(-c2cccc(F)n2)c(C(Cl)NS(=O)(=O)c2ccccc2)c(N2CCC(OC)(C(C)(C)N(C)C)C2)c1F. The van der Waals surface area contributed by atoms with E-state index in [4.69, 9.17) is 21.1 Å². The average Bonchev–Trinajstić information content (AvgIpc) is 3.39. The molecule has 0 bridgehead atoms. The van der Waals surface area contributed by atoms with Gasteiger partial charge in [0.15, 0.2) is 17.4 Å². The Morgan fingerprint density at radius 2 is 1.74 bits per heavy atom. The summed E-state index contributed by atoms with van der Waals surface area (Å²) < 4.78 is 86.8. The molecule has 0 aliphatic carbocycles. The van der Waals surface area contributed by atoms with E-state index in [2.05, 4.69) is 9.71 Å². The fourth-order valence-electron chi connectivity index (χ4n) is 5.36. The molecule has 228 valence electrons. The van der Waals surface area contributed by atoms with Crippen molar-refractivity contribution in [3.8, 4) is 17.0 Å². The Morgan fingerprint density at radius 1 is 1.07 bits per heavy atom. The van der Waals surface area contributed by atoms with Crippen molar-refractivity contribution in [2.24, 2.45) is 0 Å². The van der Waals surface area contributed by atoms with Gasteiger partial charge in [-0.1, -0.05) is 35.9 Å². The van der Waals surface area contributed by atoms with Gasteiger partial charge in [-0.3, -0.25) is 0 Å². The Morgan fingerprint density at radius 3 is 2.31 bits per heavy atom. The topological polar surface area (TPSA) is 84.0 Å². The molecule has 0 spiro atoms. The van der Waals surface area contributed by atoms with E-state index >= 15 is 8.78 Å². The number of aromatic nitrogens is 1. The first kappa shape index (κ1) is 32.0. The van der Waals surface area contributed by atoms with Crippen molar-refractivity contribution in [1.29, 1.82) is 0 Å². The lowest BCUT2D eigenvalue weighted by atomic mass is 9.80. The maximum absolute atomic E-state index is 16.4. The molecule has 0 radical (unpaired) electrons. The summed E-state index contributed by atoms with van der Waals surface area (Å²) in [5, 5.41) is 0. The van der Waals surface area contributed by atoms with Crippen molar-refractivity contribution in [2.75, 3.05) is 46.3 Å². The van der Waals surface area contributed by atoms with Crippen LogP contribution in [0.2, 0.25) is 0 Å². The Kier molecular flexibility index (Phi) is 9.15. The van der Waals surface area contributed by atoms with Crippen molar-refractivity contribution in [3.05, 3.63) is 71.7 Å². The first-order chi connectivity index (χ1) is 19.7. The molecule has 1 saturated heterocycles. The zero-order valence-corrected chi connectivity index (χ0v) is 25.8. The van der Waals surface area contributed by atoms with Crippen LogP contribution in [0, 0.1) is 17.6 Å². The number of nitrogens with zero attached hydrogens (tertiary/aromatic N) is 3. The van der Waals surface area contributed by atoms with Crippen LogP contribution >= 0.6 is 11.6 Å². The second-order valence-electron chi connectivity index (χ2n) is 10.8. The van der Waals surface area contributed by atoms with E-state index in [0.29, 0.717) is 6.42 Å². The van der Waals surface area contributed by atoms with Gasteiger partial charge in [-0.2, -0.15) is 9.11 Å². The molecule has 0 saturated carbocycles. The van der Waals surface area contributed by atoms with Crippen LogP contribution in [-0.4, -0.2) is 70.8 Å². The molecule has 2 heterocycles. The number of hydrogen-bond donors (Lipinski definition) is 1. The minimum atomic E-state index is -4.26. The predicted molar refractivity (Wildman–Crippen MR) is 156 cm³/mol. The number of likely N-dealkylation sites (N-methyl/N-ethyl adjacent to an activating group) is 1. The lowest BCUT2D eigenvalue weighted by molar-refractivity contribution is -0.0939. The monoisotopic (exact) mass is 626 g/mol. The van der Waals surface area contributed by atoms with Crippen LogP contribution < -0.4 is 14.4 Å². The van der Waals surface area contributed by atoms with Crippen LogP contribution in [0.15, 0.2) is 53.4 Å². The summed E-state index contributed by atoms with van der Waals surface area (Å²) in [5.74, 6) is -3.97. The highest BCUT2D eigenvalue weighted by Crippen LogP contribution is 2.49. The largest absolute Gasteiger partial charge is 0.491 e. The summed E-state index contributed by atoms with van der Waals surface area (Å²) in [6.45, 7) is 4.36. The summed E-state index contributed by atoms with van der Waals surface area (Å²) in [5.41, 5.74) is -4.18. The fraction of sp³-hybridized carbons (Fsp3) is 0.414. The molecular weight excluding hydrogens is 593 g/mol. The van der Waals surface area contributed by atoms with Gasteiger partial charge in [0.05, 0.1) is 23.4 Å². The highest BCUT2D eigenvalue weighted by Gasteiger charge is 2.52. The number of rotatable bonds is 10. The Balaban J connectivity index is 1.99. The smallest absolute Gasteiger partial charge is 0.242 e. The molecule has 3 aromatic rings. The van der Waals surface area contributed by atoms with Gasteiger partial charge in [-0.25, -0.2) is 22.2 Å². The molecule has 4 rings (SSSR count). The van der Waals surface area contributed by atoms with Gasteiger partial charge in [0.1, 0.15) is 11.1 Å². The van der Waals surface area contributed by atoms with Crippen molar-refractivity contribution in [1.82, 2.24) is 14.6 Å². The third-order valence-electron chi connectivity index (χ3n) is 8.26. The molecule has 13 heteroatoms. The van der Waals surface area contributed by atoms with Crippen molar-refractivity contribution in [3.63, 3.8) is 0 Å². The summed E-state index contributed by atoms with van der Waals surface area (Å²) in [6, 6.07) is 11.1. The second kappa shape index (κ2) is 12.0. The maximum Gasteiger partial charge on any atom is 0.242 e. The minimum Gasteiger partial charge on any atom is -0.491 e. The number of methoxy groups -OCH3 is 2. The number of pyridine rings is 1. The summed E-state index contributed by atoms with van der Waals surface area (Å²) >= 11 is 6.75. The van der Waals surface area contributed by atoms with Gasteiger partial charge < -0.3 is 19.3 Å². The number of anilines is 1. The molecular formula is C29H34ClF3N4O4S. The van der Waals surface area contributed by atoms with E-state index in [-0.39, 0.29) is 34.9 Å². The van der Waals surface area contributed by atoms with E-state index in [1.54, 1.807) is 18.1 Å². The highest BCUT2D eigenvalue weighted by molar-refractivity contribution is 7.89. The molecule has 1 fully saturated rings. The molecule has 2 aromatic carbocycles. The summed E-state index contributed by atoms with van der Waals surface area (Å²) in [4.78, 5) is 7.31. The Labute approximate surface area is 249 Å². The van der Waals surface area contributed by atoms with E-state index < -0.39 is 55.6 Å². The highest BCUT2D eigenvalue weighted by atomic mass is 35.5. The number of halogens is 4. The summed E-state index contributed by atoms with van der Waals surface area (Å²) in [6.07, 6.45) is 0.448. The molecule has 2 unspecified atom stereocenters. The Bertz CT molecular complexity index is 1560. The van der Waals surface area contributed by atoms with E-state index in [1.807, 2.05) is 32.8 Å². The normalized spacial score (nSPS) is 18.5. The minimum absolute atomic E-state index is 0.107. The number of nitrogens with one attached hydrogen (secondary N) is 1. The van der Waals surface area contributed by atoms with Crippen LogP contribution in [0.3, 0.4) is 0 Å². The van der Waals surface area contributed by atoms with Crippen molar-refractivity contribution in [2.45, 2.75) is 41.8 Å². The maximum atomic E-state index is 16.4. The zero-order chi connectivity index (χ0) is 31.0. The van der Waals surface area contributed by atoms with Crippen LogP contribution in [0.1, 0.15) is 31.3 Å². The van der Waals surface area contributed by atoms with E-state index in [1.165, 1.54) is 36.4 Å². The van der Waals surface area contributed by atoms with E-state index in [9.17, 15) is 12.8 Å². The van der Waals surface area contributed by atoms with E-state index in [0.717, 1.165) is 13.2 Å². The predicted octanol–water partition coefficient (Wildman–Crippen LogP) is 5.33. The average molecular weight is 627 g/mol. The molecule has 1 aliphatic heterocycles.